The number of rotatable bonds is 3. The van der Waals surface area contributed by atoms with Crippen molar-refractivity contribution in [1.82, 2.24) is 4.98 Å². The standard InChI is InChI=1S/C13H12FN3O2/c1-8-9(4-3-5-10(8)14)13-11(17(18)19)6-7-12(15-2)16-13/h3-7H,1-2H3,(H,15,16). The topological polar surface area (TPSA) is 68.1 Å². The predicted octanol–water partition coefficient (Wildman–Crippen LogP) is 3.15. The third kappa shape index (κ3) is 2.37. The van der Waals surface area contributed by atoms with Crippen LogP contribution in [0.4, 0.5) is 15.9 Å². The van der Waals surface area contributed by atoms with Crippen LogP contribution in [-0.2, 0) is 0 Å². The van der Waals surface area contributed by atoms with Crippen molar-refractivity contribution in [3.8, 4) is 11.3 Å². The molecule has 2 rings (SSSR count). The highest BCUT2D eigenvalue weighted by molar-refractivity contribution is 5.74. The molecule has 0 saturated heterocycles. The van der Waals surface area contributed by atoms with Crippen LogP contribution in [0.2, 0.25) is 0 Å². The van der Waals surface area contributed by atoms with Gasteiger partial charge in [0.2, 0.25) is 0 Å². The van der Waals surface area contributed by atoms with E-state index in [-0.39, 0.29) is 11.4 Å². The number of hydrogen-bond acceptors (Lipinski definition) is 4. The highest BCUT2D eigenvalue weighted by Crippen LogP contribution is 2.32. The molecule has 0 fully saturated rings. The van der Waals surface area contributed by atoms with E-state index in [1.165, 1.54) is 24.3 Å². The zero-order valence-corrected chi connectivity index (χ0v) is 10.5. The van der Waals surface area contributed by atoms with Crippen LogP contribution < -0.4 is 5.32 Å². The summed E-state index contributed by atoms with van der Waals surface area (Å²) in [6, 6.07) is 7.31. The summed E-state index contributed by atoms with van der Waals surface area (Å²) in [4.78, 5) is 14.7. The molecule has 0 radical (unpaired) electrons. The van der Waals surface area contributed by atoms with Gasteiger partial charge in [0.15, 0.2) is 5.69 Å². The van der Waals surface area contributed by atoms with Crippen LogP contribution in [0.1, 0.15) is 5.56 Å². The van der Waals surface area contributed by atoms with E-state index in [2.05, 4.69) is 10.3 Å². The second-order valence-electron chi connectivity index (χ2n) is 3.98. The first-order valence-electron chi connectivity index (χ1n) is 5.63. The van der Waals surface area contributed by atoms with Gasteiger partial charge in [0.1, 0.15) is 11.6 Å². The number of nitro groups is 1. The molecule has 0 bridgehead atoms. The van der Waals surface area contributed by atoms with Gasteiger partial charge in [-0.3, -0.25) is 10.1 Å². The normalized spacial score (nSPS) is 10.3. The van der Waals surface area contributed by atoms with Crippen LogP contribution in [0.25, 0.3) is 11.3 Å². The Balaban J connectivity index is 2.72. The molecule has 1 heterocycles. The van der Waals surface area contributed by atoms with Crippen molar-refractivity contribution >= 4 is 11.5 Å². The van der Waals surface area contributed by atoms with Gasteiger partial charge in [-0.25, -0.2) is 9.37 Å². The second kappa shape index (κ2) is 5.01. The van der Waals surface area contributed by atoms with Crippen molar-refractivity contribution in [2.75, 3.05) is 12.4 Å². The summed E-state index contributed by atoms with van der Waals surface area (Å²) >= 11 is 0. The molecule has 0 amide bonds. The third-order valence-corrected chi connectivity index (χ3v) is 2.85. The lowest BCUT2D eigenvalue weighted by Crippen LogP contribution is -2.00. The van der Waals surface area contributed by atoms with Crippen LogP contribution >= 0.6 is 0 Å². The number of nitrogens with zero attached hydrogens (tertiary/aromatic N) is 2. The summed E-state index contributed by atoms with van der Waals surface area (Å²) in [6.45, 7) is 1.57. The quantitative estimate of drug-likeness (QED) is 0.680. The van der Waals surface area contributed by atoms with E-state index in [0.29, 0.717) is 16.9 Å². The van der Waals surface area contributed by atoms with Gasteiger partial charge >= 0.3 is 0 Å². The van der Waals surface area contributed by atoms with Crippen LogP contribution in [0, 0.1) is 22.9 Å². The Labute approximate surface area is 109 Å². The third-order valence-electron chi connectivity index (χ3n) is 2.85. The molecule has 98 valence electrons. The van der Waals surface area contributed by atoms with Gasteiger partial charge in [-0.05, 0) is 24.6 Å². The second-order valence-corrected chi connectivity index (χ2v) is 3.98. The lowest BCUT2D eigenvalue weighted by Gasteiger charge is -2.08. The van der Waals surface area contributed by atoms with Crippen molar-refractivity contribution < 1.29 is 9.31 Å². The van der Waals surface area contributed by atoms with Gasteiger partial charge in [-0.2, -0.15) is 0 Å². The number of benzene rings is 1. The minimum atomic E-state index is -0.522. The molecule has 1 N–H and O–H groups in total. The Morgan fingerprint density at radius 1 is 1.32 bits per heavy atom. The largest absolute Gasteiger partial charge is 0.373 e. The fraction of sp³-hybridized carbons (Fsp3) is 0.154. The Morgan fingerprint density at radius 2 is 2.05 bits per heavy atom. The maximum atomic E-state index is 13.6. The van der Waals surface area contributed by atoms with Gasteiger partial charge in [0, 0.05) is 18.7 Å². The molecular weight excluding hydrogens is 249 g/mol. The minimum Gasteiger partial charge on any atom is -0.373 e. The fourth-order valence-corrected chi connectivity index (χ4v) is 1.80. The maximum absolute atomic E-state index is 13.6. The first-order chi connectivity index (χ1) is 9.04. The van der Waals surface area contributed by atoms with E-state index in [4.69, 9.17) is 0 Å². The Kier molecular flexibility index (Phi) is 3.41. The molecule has 2 aromatic rings. The van der Waals surface area contributed by atoms with Crippen molar-refractivity contribution in [2.45, 2.75) is 6.92 Å². The highest BCUT2D eigenvalue weighted by atomic mass is 19.1. The number of pyridine rings is 1. The Morgan fingerprint density at radius 3 is 2.68 bits per heavy atom. The zero-order chi connectivity index (χ0) is 14.0. The molecule has 0 atom stereocenters. The minimum absolute atomic E-state index is 0.146. The first kappa shape index (κ1) is 12.9. The molecule has 0 aliphatic rings. The lowest BCUT2D eigenvalue weighted by molar-refractivity contribution is -0.384. The summed E-state index contributed by atoms with van der Waals surface area (Å²) in [5.74, 6) is 0.0766. The average Bonchev–Trinajstić information content (AvgIpc) is 2.41. The van der Waals surface area contributed by atoms with Crippen molar-refractivity contribution in [3.05, 3.63) is 51.8 Å². The summed E-state index contributed by atoms with van der Waals surface area (Å²) in [6.07, 6.45) is 0. The number of nitrogens with one attached hydrogen (secondary N) is 1. The molecule has 6 heteroatoms. The average molecular weight is 261 g/mol. The van der Waals surface area contributed by atoms with E-state index < -0.39 is 10.7 Å². The molecule has 0 aliphatic heterocycles. The van der Waals surface area contributed by atoms with Crippen molar-refractivity contribution in [3.63, 3.8) is 0 Å². The van der Waals surface area contributed by atoms with E-state index in [1.807, 2.05) is 0 Å². The molecule has 5 nitrogen and oxygen atoms in total. The fourth-order valence-electron chi connectivity index (χ4n) is 1.80. The summed E-state index contributed by atoms with van der Waals surface area (Å²) < 4.78 is 13.6. The van der Waals surface area contributed by atoms with Gasteiger partial charge in [0.25, 0.3) is 5.69 Å². The van der Waals surface area contributed by atoms with E-state index in [1.54, 1.807) is 20.0 Å². The van der Waals surface area contributed by atoms with Crippen molar-refractivity contribution in [1.29, 1.82) is 0 Å². The SMILES string of the molecule is CNc1ccc([N+](=O)[O-])c(-c2cccc(F)c2C)n1. The maximum Gasteiger partial charge on any atom is 0.295 e. The van der Waals surface area contributed by atoms with Gasteiger partial charge in [-0.1, -0.05) is 12.1 Å². The summed E-state index contributed by atoms with van der Waals surface area (Å²) in [5, 5.41) is 13.9. The number of anilines is 1. The van der Waals surface area contributed by atoms with E-state index in [0.717, 1.165) is 0 Å². The van der Waals surface area contributed by atoms with E-state index in [9.17, 15) is 14.5 Å². The van der Waals surface area contributed by atoms with Crippen LogP contribution in [0.15, 0.2) is 30.3 Å². The highest BCUT2D eigenvalue weighted by Gasteiger charge is 2.20. The molecule has 0 saturated carbocycles. The monoisotopic (exact) mass is 261 g/mol. The van der Waals surface area contributed by atoms with Crippen LogP contribution in [0.5, 0.6) is 0 Å². The van der Waals surface area contributed by atoms with Gasteiger partial charge in [-0.15, -0.1) is 0 Å². The van der Waals surface area contributed by atoms with Crippen LogP contribution in [0.3, 0.4) is 0 Å². The zero-order valence-electron chi connectivity index (χ0n) is 10.5. The number of hydrogen-bond donors (Lipinski definition) is 1. The molecule has 0 aliphatic carbocycles. The predicted molar refractivity (Wildman–Crippen MR) is 70.6 cm³/mol. The molecule has 0 unspecified atom stereocenters. The number of aromatic nitrogens is 1. The van der Waals surface area contributed by atoms with Gasteiger partial charge < -0.3 is 5.32 Å². The number of halogens is 1. The smallest absolute Gasteiger partial charge is 0.295 e. The molecule has 0 spiro atoms. The molecule has 1 aromatic heterocycles. The molecular formula is C13H12FN3O2. The molecule has 1 aromatic carbocycles. The Bertz CT molecular complexity index is 644. The first-order valence-corrected chi connectivity index (χ1v) is 5.63. The van der Waals surface area contributed by atoms with Crippen molar-refractivity contribution in [2.24, 2.45) is 0 Å². The Hall–Kier alpha value is -2.50. The lowest BCUT2D eigenvalue weighted by atomic mass is 10.0. The summed E-state index contributed by atoms with van der Waals surface area (Å²) in [7, 11) is 1.66. The van der Waals surface area contributed by atoms with Gasteiger partial charge in [0.05, 0.1) is 4.92 Å². The molecule has 19 heavy (non-hydrogen) atoms. The summed E-state index contributed by atoms with van der Waals surface area (Å²) in [5.41, 5.74) is 0.775. The van der Waals surface area contributed by atoms with Crippen LogP contribution in [-0.4, -0.2) is 17.0 Å². The van der Waals surface area contributed by atoms with E-state index >= 15 is 0 Å².